The molecular weight excluding hydrogens is 364 g/mol. The molecule has 0 saturated carbocycles. The largest absolute Gasteiger partial charge is 0.397 e. The molecule has 0 aliphatic heterocycles. The third-order valence-electron chi connectivity index (χ3n) is 5.17. The van der Waals surface area contributed by atoms with Gasteiger partial charge in [-0.05, 0) is 42.2 Å². The summed E-state index contributed by atoms with van der Waals surface area (Å²) >= 11 is 2.75. The van der Waals surface area contributed by atoms with Gasteiger partial charge in [-0.1, -0.05) is 20.8 Å². The third-order valence-corrected chi connectivity index (χ3v) is 6.97. The van der Waals surface area contributed by atoms with E-state index in [2.05, 4.69) is 37.1 Å². The van der Waals surface area contributed by atoms with Crippen LogP contribution in [0.1, 0.15) is 48.1 Å². The van der Waals surface area contributed by atoms with Gasteiger partial charge in [-0.3, -0.25) is 10.1 Å². The second kappa shape index (κ2) is 6.32. The molecular formula is C19H22N4OS2. The molecule has 0 radical (unpaired) electrons. The molecule has 0 fully saturated rings. The number of aromatic nitrogens is 2. The van der Waals surface area contributed by atoms with E-state index in [1.807, 2.05) is 5.38 Å². The average molecular weight is 387 g/mol. The van der Waals surface area contributed by atoms with Crippen molar-refractivity contribution in [2.45, 2.75) is 40.0 Å². The van der Waals surface area contributed by atoms with E-state index in [-0.39, 0.29) is 11.3 Å². The zero-order valence-corrected chi connectivity index (χ0v) is 16.8. The second-order valence-electron chi connectivity index (χ2n) is 7.89. The highest BCUT2D eigenvalue weighted by atomic mass is 32.1. The lowest BCUT2D eigenvalue weighted by molar-refractivity contribution is 0.103. The van der Waals surface area contributed by atoms with E-state index in [1.165, 1.54) is 28.2 Å². The van der Waals surface area contributed by atoms with Crippen LogP contribution in [0.25, 0.3) is 10.2 Å². The van der Waals surface area contributed by atoms with Crippen LogP contribution >= 0.6 is 22.7 Å². The van der Waals surface area contributed by atoms with Gasteiger partial charge in [0.2, 0.25) is 0 Å². The number of nitrogen functional groups attached to an aromatic ring is 1. The quantitative estimate of drug-likeness (QED) is 0.667. The van der Waals surface area contributed by atoms with Crippen molar-refractivity contribution >= 4 is 49.6 Å². The molecule has 5 nitrogen and oxygen atoms in total. The van der Waals surface area contributed by atoms with Crippen LogP contribution in [0.3, 0.4) is 0 Å². The summed E-state index contributed by atoms with van der Waals surface area (Å²) in [6.07, 6.45) is 4.84. The maximum Gasteiger partial charge on any atom is 0.269 e. The highest BCUT2D eigenvalue weighted by Crippen LogP contribution is 2.40. The van der Waals surface area contributed by atoms with Crippen LogP contribution in [0, 0.1) is 11.3 Å². The molecule has 1 aliphatic carbocycles. The van der Waals surface area contributed by atoms with Gasteiger partial charge in [-0.25, -0.2) is 9.97 Å². The van der Waals surface area contributed by atoms with E-state index >= 15 is 0 Å². The number of rotatable bonds is 2. The molecule has 1 aliphatic rings. The summed E-state index contributed by atoms with van der Waals surface area (Å²) in [5.41, 5.74) is 9.56. The number of carbonyl (C=O) groups excluding carboxylic acids is 1. The normalized spacial score (nSPS) is 17.3. The van der Waals surface area contributed by atoms with Gasteiger partial charge in [-0.15, -0.1) is 22.7 Å². The van der Waals surface area contributed by atoms with Gasteiger partial charge >= 0.3 is 0 Å². The maximum atomic E-state index is 12.6. The number of aryl methyl sites for hydroxylation is 1. The number of hydrogen-bond donors (Lipinski definition) is 2. The van der Waals surface area contributed by atoms with Crippen LogP contribution < -0.4 is 11.1 Å². The summed E-state index contributed by atoms with van der Waals surface area (Å²) in [5, 5.41) is 6.10. The minimum absolute atomic E-state index is 0.217. The van der Waals surface area contributed by atoms with E-state index in [0.717, 1.165) is 35.2 Å². The summed E-state index contributed by atoms with van der Waals surface area (Å²) in [4.78, 5) is 22.9. The summed E-state index contributed by atoms with van der Waals surface area (Å²) in [5.74, 6) is 0.424. The number of thiophene rings is 1. The van der Waals surface area contributed by atoms with Crippen LogP contribution in [0.4, 0.5) is 10.8 Å². The molecule has 3 heterocycles. The van der Waals surface area contributed by atoms with Crippen molar-refractivity contribution in [3.63, 3.8) is 0 Å². The van der Waals surface area contributed by atoms with Crippen LogP contribution in [-0.4, -0.2) is 15.9 Å². The fraction of sp³-hybridized carbons (Fsp3) is 0.421. The Morgan fingerprint density at radius 2 is 2.19 bits per heavy atom. The summed E-state index contributed by atoms with van der Waals surface area (Å²) < 4.78 is 0. The summed E-state index contributed by atoms with van der Waals surface area (Å²) in [6.45, 7) is 6.90. The summed E-state index contributed by atoms with van der Waals surface area (Å²) in [6, 6.07) is 2.15. The van der Waals surface area contributed by atoms with E-state index in [1.54, 1.807) is 6.20 Å². The van der Waals surface area contributed by atoms with Gasteiger partial charge in [0.15, 0.2) is 5.13 Å². The van der Waals surface area contributed by atoms with E-state index in [4.69, 9.17) is 10.7 Å². The molecule has 3 aromatic heterocycles. The Labute approximate surface area is 160 Å². The minimum Gasteiger partial charge on any atom is -0.397 e. The monoisotopic (exact) mass is 386 g/mol. The molecule has 7 heteroatoms. The molecule has 3 aromatic rings. The first-order chi connectivity index (χ1) is 12.3. The number of amides is 1. The van der Waals surface area contributed by atoms with Crippen molar-refractivity contribution < 1.29 is 4.79 Å². The first-order valence-corrected chi connectivity index (χ1v) is 10.4. The number of fused-ring (bicyclic) bond motifs is 2. The van der Waals surface area contributed by atoms with Crippen molar-refractivity contribution in [3.8, 4) is 0 Å². The second-order valence-corrected chi connectivity index (χ2v) is 9.78. The lowest BCUT2D eigenvalue weighted by atomic mass is 9.71. The minimum atomic E-state index is -0.217. The number of pyridine rings is 1. The predicted octanol–water partition coefficient (Wildman–Crippen LogP) is 4.74. The number of carbonyl (C=O) groups is 1. The topological polar surface area (TPSA) is 80.9 Å². The fourth-order valence-corrected chi connectivity index (χ4v) is 5.05. The van der Waals surface area contributed by atoms with Gasteiger partial charge < -0.3 is 5.73 Å². The number of hydrogen-bond acceptors (Lipinski definition) is 6. The zero-order chi connectivity index (χ0) is 18.5. The molecule has 0 aromatic carbocycles. The van der Waals surface area contributed by atoms with Gasteiger partial charge in [0.25, 0.3) is 5.91 Å². The fourth-order valence-electron chi connectivity index (χ4n) is 3.54. The summed E-state index contributed by atoms with van der Waals surface area (Å²) in [7, 11) is 0. The van der Waals surface area contributed by atoms with Crippen LogP contribution in [0.15, 0.2) is 17.6 Å². The van der Waals surface area contributed by atoms with Gasteiger partial charge in [-0.2, -0.15) is 0 Å². The molecule has 0 spiro atoms. The van der Waals surface area contributed by atoms with Crippen LogP contribution in [0.2, 0.25) is 0 Å². The molecule has 0 unspecified atom stereocenters. The molecule has 1 atom stereocenters. The first kappa shape index (κ1) is 17.4. The Morgan fingerprint density at radius 3 is 2.88 bits per heavy atom. The number of anilines is 2. The molecule has 136 valence electrons. The van der Waals surface area contributed by atoms with Crippen molar-refractivity contribution in [3.05, 3.63) is 33.8 Å². The highest BCUT2D eigenvalue weighted by Gasteiger charge is 2.30. The van der Waals surface area contributed by atoms with Gasteiger partial charge in [0.05, 0.1) is 5.69 Å². The van der Waals surface area contributed by atoms with E-state index in [0.29, 0.717) is 21.6 Å². The molecule has 3 N–H and O–H groups in total. The number of nitrogens with zero attached hydrogens (tertiary/aromatic N) is 2. The van der Waals surface area contributed by atoms with Crippen molar-refractivity contribution in [2.75, 3.05) is 11.1 Å². The highest BCUT2D eigenvalue weighted by molar-refractivity contribution is 7.21. The zero-order valence-electron chi connectivity index (χ0n) is 15.1. The van der Waals surface area contributed by atoms with Crippen molar-refractivity contribution in [1.29, 1.82) is 0 Å². The molecule has 1 amide bonds. The van der Waals surface area contributed by atoms with E-state index < -0.39 is 0 Å². The molecule has 0 bridgehead atoms. The lowest BCUT2D eigenvalue weighted by Gasteiger charge is -2.34. The Kier molecular flexibility index (Phi) is 4.23. The predicted molar refractivity (Wildman–Crippen MR) is 109 cm³/mol. The Morgan fingerprint density at radius 1 is 1.38 bits per heavy atom. The Bertz CT molecular complexity index is 970. The molecule has 0 saturated heterocycles. The number of nitrogens with two attached hydrogens (primary N) is 1. The molecule has 26 heavy (non-hydrogen) atoms. The number of thiazole rings is 1. The van der Waals surface area contributed by atoms with Crippen molar-refractivity contribution in [2.24, 2.45) is 11.3 Å². The number of nitrogens with one attached hydrogen (secondary N) is 1. The van der Waals surface area contributed by atoms with Crippen molar-refractivity contribution in [1.82, 2.24) is 9.97 Å². The average Bonchev–Trinajstić information content (AvgIpc) is 3.20. The van der Waals surface area contributed by atoms with Crippen LogP contribution in [0.5, 0.6) is 0 Å². The van der Waals surface area contributed by atoms with Gasteiger partial charge in [0, 0.05) is 22.7 Å². The Balaban J connectivity index is 1.69. The first-order valence-electron chi connectivity index (χ1n) is 8.74. The third kappa shape index (κ3) is 3.10. The maximum absolute atomic E-state index is 12.6. The Hall–Kier alpha value is -1.99. The smallest absolute Gasteiger partial charge is 0.269 e. The lowest BCUT2D eigenvalue weighted by Crippen LogP contribution is -2.27. The van der Waals surface area contributed by atoms with Gasteiger partial charge in [0.1, 0.15) is 9.71 Å². The van der Waals surface area contributed by atoms with E-state index in [9.17, 15) is 4.79 Å². The van der Waals surface area contributed by atoms with Crippen LogP contribution in [-0.2, 0) is 12.8 Å². The standard InChI is InChI=1S/C19H22N4OS2/c1-19(2,3)11-4-5-13-10(8-11)9-12-14(20)15(26-17(12)22-13)16(24)23-18-21-6-7-25-18/h6-7,9,11H,4-5,8,20H2,1-3H3,(H,21,23,24)/t11-/m1/s1. The molecule has 4 rings (SSSR count). The SMILES string of the molecule is CC(C)(C)[C@@H]1CCc2nc3sc(C(=O)Nc4nccs4)c(N)c3cc2C1.